The Morgan fingerprint density at radius 1 is 1.29 bits per heavy atom. The number of thiocarbonyl (C=S) groups is 1. The van der Waals surface area contributed by atoms with Crippen LogP contribution in [0.15, 0.2) is 0 Å². The van der Waals surface area contributed by atoms with E-state index in [4.69, 9.17) is 17.0 Å². The zero-order valence-corrected chi connectivity index (χ0v) is 21.3. The maximum absolute atomic E-state index is 13.0. The van der Waals surface area contributed by atoms with Crippen LogP contribution in [0.25, 0.3) is 0 Å². The second-order valence-corrected chi connectivity index (χ2v) is 10.6. The van der Waals surface area contributed by atoms with Gasteiger partial charge in [-0.25, -0.2) is 0 Å². The summed E-state index contributed by atoms with van der Waals surface area (Å²) in [5.41, 5.74) is 0. The van der Waals surface area contributed by atoms with E-state index in [2.05, 4.69) is 26.2 Å². The van der Waals surface area contributed by atoms with E-state index in [1.807, 2.05) is 4.90 Å². The molecule has 6 N–H and O–H groups in total. The van der Waals surface area contributed by atoms with E-state index in [0.29, 0.717) is 37.4 Å². The minimum Gasteiger partial charge on any atom is -0.383 e. The molecule has 0 spiro atoms. The van der Waals surface area contributed by atoms with E-state index in [-0.39, 0.29) is 29.9 Å². The number of piperazine rings is 2. The molecule has 4 aliphatic rings. The number of hydrogen-bond acceptors (Lipinski definition) is 5. The summed E-state index contributed by atoms with van der Waals surface area (Å²) in [6.45, 7) is 7.62. The van der Waals surface area contributed by atoms with Gasteiger partial charge in [0.25, 0.3) is 5.91 Å². The molecule has 0 radical (unpaired) electrons. The van der Waals surface area contributed by atoms with Gasteiger partial charge in [0.05, 0.1) is 32.3 Å². The molecule has 192 valence electrons. The number of ether oxygens (including phenoxy) is 1. The Morgan fingerprint density at radius 2 is 2.12 bits per heavy atom. The summed E-state index contributed by atoms with van der Waals surface area (Å²) in [5, 5.41) is 12.7. The topological polar surface area (TPSA) is 107 Å². The van der Waals surface area contributed by atoms with E-state index in [1.54, 1.807) is 7.11 Å². The number of amides is 2. The zero-order chi connectivity index (χ0) is 23.9. The van der Waals surface area contributed by atoms with Gasteiger partial charge in [-0.2, -0.15) is 0 Å². The van der Waals surface area contributed by atoms with Crippen molar-refractivity contribution in [3.05, 3.63) is 0 Å². The molecule has 4 heterocycles. The Labute approximate surface area is 208 Å². The van der Waals surface area contributed by atoms with E-state index in [0.717, 1.165) is 45.6 Å². The monoisotopic (exact) mass is 497 g/mol. The number of hydrogen-bond donors (Lipinski definition) is 5. The molecule has 0 aromatic heterocycles. The van der Waals surface area contributed by atoms with Crippen LogP contribution in [0.5, 0.6) is 0 Å². The molecule has 34 heavy (non-hydrogen) atoms. The van der Waals surface area contributed by atoms with Crippen LogP contribution in [-0.4, -0.2) is 117 Å². The average molecular weight is 498 g/mol. The highest BCUT2D eigenvalue weighted by Crippen LogP contribution is 2.13. The lowest BCUT2D eigenvalue weighted by Crippen LogP contribution is -3.21. The fraction of sp³-hybridized carbons (Fsp3) is 0.870. The normalized spacial score (nSPS) is 32.1. The number of carbonyl (C=O) groups is 2. The number of piperidine rings is 1. The standard InChI is InChI=1S/C23H41N7O3S/c1-33-13-8-25-23(34)27-17-14-19-22(32)26-15-18(30(19)16-17)5-6-21(31)29-11-9-28(10-12-29)20-4-2-3-7-24-20/h17-20,24H,2-16H2,1H3,(H,26,32)(H2,25,27,34)/p+2/t17-,18-,19+,20?/m1/s1. The van der Waals surface area contributed by atoms with Gasteiger partial charge in [0, 0.05) is 65.5 Å². The van der Waals surface area contributed by atoms with Crippen LogP contribution in [0.4, 0.5) is 0 Å². The van der Waals surface area contributed by atoms with Gasteiger partial charge in [-0.3, -0.25) is 14.5 Å². The summed E-state index contributed by atoms with van der Waals surface area (Å²) in [4.78, 5) is 31.4. The summed E-state index contributed by atoms with van der Waals surface area (Å²) in [6, 6.07) is 0.365. The molecule has 2 unspecified atom stereocenters. The predicted octanol–water partition coefficient (Wildman–Crippen LogP) is -3.38. The predicted molar refractivity (Wildman–Crippen MR) is 132 cm³/mol. The van der Waals surface area contributed by atoms with Gasteiger partial charge in [0.15, 0.2) is 11.2 Å². The Bertz CT molecular complexity index is 713. The molecule has 2 amide bonds. The van der Waals surface area contributed by atoms with Gasteiger partial charge >= 0.3 is 0 Å². The first-order chi connectivity index (χ1) is 16.5. The van der Waals surface area contributed by atoms with Gasteiger partial charge in [-0.15, -0.1) is 0 Å². The Kier molecular flexibility index (Phi) is 9.35. The number of methoxy groups -OCH3 is 1. The largest absolute Gasteiger partial charge is 0.383 e. The molecule has 11 heteroatoms. The van der Waals surface area contributed by atoms with Gasteiger partial charge in [0.1, 0.15) is 12.2 Å². The first-order valence-corrected chi connectivity index (χ1v) is 13.5. The molecule has 4 saturated heterocycles. The summed E-state index contributed by atoms with van der Waals surface area (Å²) in [7, 11) is 1.66. The highest BCUT2D eigenvalue weighted by Gasteiger charge is 2.47. The van der Waals surface area contributed by atoms with Gasteiger partial charge in [0.2, 0.25) is 5.91 Å². The van der Waals surface area contributed by atoms with Crippen LogP contribution in [0, 0.1) is 0 Å². The SMILES string of the molecule is COCCNC(=S)N[C@@H]1C[C@H]2C(=O)NC[C@@H](CCC(=O)N3CCN(C4CCCC[NH2+]4)CC3)[NH+]2C1. The number of quaternary nitrogens is 2. The average Bonchev–Trinajstić information content (AvgIpc) is 3.29. The van der Waals surface area contributed by atoms with Crippen LogP contribution >= 0.6 is 12.2 Å². The number of fused-ring (bicyclic) bond motifs is 1. The lowest BCUT2D eigenvalue weighted by molar-refractivity contribution is -0.930. The van der Waals surface area contributed by atoms with E-state index in [1.165, 1.54) is 30.7 Å². The number of rotatable bonds is 8. The molecule has 4 aliphatic heterocycles. The summed E-state index contributed by atoms with van der Waals surface area (Å²) >= 11 is 5.39. The lowest BCUT2D eigenvalue weighted by Gasteiger charge is -2.39. The van der Waals surface area contributed by atoms with Crippen molar-refractivity contribution in [2.75, 3.05) is 66.1 Å². The lowest BCUT2D eigenvalue weighted by atomic mass is 10.0. The molecule has 0 bridgehead atoms. The Hall–Kier alpha value is -1.53. The highest BCUT2D eigenvalue weighted by molar-refractivity contribution is 7.80. The first-order valence-electron chi connectivity index (χ1n) is 13.1. The Balaban J connectivity index is 1.21. The highest BCUT2D eigenvalue weighted by atomic mass is 32.1. The molecule has 4 fully saturated rings. The molecular weight excluding hydrogens is 454 g/mol. The third kappa shape index (κ3) is 6.57. The molecule has 0 aromatic rings. The maximum atomic E-state index is 13.0. The smallest absolute Gasteiger partial charge is 0.278 e. The van der Waals surface area contributed by atoms with Crippen molar-refractivity contribution in [3.63, 3.8) is 0 Å². The van der Waals surface area contributed by atoms with Crippen LogP contribution < -0.4 is 26.2 Å². The van der Waals surface area contributed by atoms with Crippen molar-refractivity contribution >= 4 is 29.1 Å². The third-order valence-corrected chi connectivity index (χ3v) is 8.24. The summed E-state index contributed by atoms with van der Waals surface area (Å²) < 4.78 is 5.05. The van der Waals surface area contributed by atoms with Crippen LogP contribution in [0.3, 0.4) is 0 Å². The minimum atomic E-state index is -0.0663. The second-order valence-electron chi connectivity index (χ2n) is 10.1. The van der Waals surface area contributed by atoms with Gasteiger partial charge in [-0.1, -0.05) is 0 Å². The number of nitrogens with two attached hydrogens (primary N) is 1. The maximum Gasteiger partial charge on any atom is 0.278 e. The second kappa shape index (κ2) is 12.4. The van der Waals surface area contributed by atoms with Crippen molar-refractivity contribution in [1.29, 1.82) is 0 Å². The molecule has 5 atom stereocenters. The molecule has 0 saturated carbocycles. The van der Waals surface area contributed by atoms with Crippen molar-refractivity contribution in [2.24, 2.45) is 0 Å². The number of nitrogens with zero attached hydrogens (tertiary/aromatic N) is 2. The van der Waals surface area contributed by atoms with Crippen molar-refractivity contribution in [2.45, 2.75) is 62.8 Å². The zero-order valence-electron chi connectivity index (χ0n) is 20.5. The molecule has 0 aromatic carbocycles. The number of nitrogens with one attached hydrogen (secondary N) is 4. The fourth-order valence-corrected chi connectivity index (χ4v) is 6.34. The minimum absolute atomic E-state index is 0.0663. The summed E-state index contributed by atoms with van der Waals surface area (Å²) in [5.74, 6) is 0.383. The first kappa shape index (κ1) is 25.6. The van der Waals surface area contributed by atoms with Crippen molar-refractivity contribution in [1.82, 2.24) is 25.8 Å². The Morgan fingerprint density at radius 3 is 2.85 bits per heavy atom. The number of carbonyl (C=O) groups excluding carboxylic acids is 2. The van der Waals surface area contributed by atoms with Crippen molar-refractivity contribution < 1.29 is 24.5 Å². The summed E-state index contributed by atoms with van der Waals surface area (Å²) in [6.07, 6.45) is 6.65. The molecule has 4 rings (SSSR count). The fourth-order valence-electron chi connectivity index (χ4n) is 6.07. The van der Waals surface area contributed by atoms with Gasteiger partial charge < -0.3 is 35.8 Å². The van der Waals surface area contributed by atoms with Crippen LogP contribution in [0.2, 0.25) is 0 Å². The van der Waals surface area contributed by atoms with Crippen LogP contribution in [0.1, 0.15) is 38.5 Å². The third-order valence-electron chi connectivity index (χ3n) is 7.98. The van der Waals surface area contributed by atoms with E-state index in [9.17, 15) is 9.59 Å². The van der Waals surface area contributed by atoms with Gasteiger partial charge in [-0.05, 0) is 25.1 Å². The molecule has 10 nitrogen and oxygen atoms in total. The quantitative estimate of drug-likeness (QED) is 0.176. The van der Waals surface area contributed by atoms with Crippen molar-refractivity contribution in [3.8, 4) is 0 Å². The van der Waals surface area contributed by atoms with E-state index < -0.39 is 0 Å². The van der Waals surface area contributed by atoms with Crippen LogP contribution in [-0.2, 0) is 14.3 Å². The van der Waals surface area contributed by atoms with E-state index >= 15 is 0 Å². The molecular formula is C23H43N7O3S+2. The molecule has 0 aliphatic carbocycles.